The average molecular weight is 389 g/mol. The Labute approximate surface area is 160 Å². The highest BCUT2D eigenvalue weighted by molar-refractivity contribution is 7.17. The Morgan fingerprint density at radius 1 is 1.15 bits per heavy atom. The van der Waals surface area contributed by atoms with Gasteiger partial charge < -0.3 is 15.2 Å². The van der Waals surface area contributed by atoms with E-state index in [0.29, 0.717) is 29.0 Å². The molecule has 0 saturated heterocycles. The fourth-order valence-electron chi connectivity index (χ4n) is 2.30. The maximum Gasteiger partial charge on any atom is 0.347 e. The zero-order chi connectivity index (χ0) is 18.5. The largest absolute Gasteiger partial charge is 0.489 e. The molecule has 2 aromatic carbocycles. The Morgan fingerprint density at radius 2 is 1.81 bits per heavy atom. The molecule has 3 aromatic rings. The molecule has 0 amide bonds. The number of carboxylic acid groups (broad SMARTS) is 1. The SMILES string of the molecule is Cc1nc(NCc2ccc(OCc3ccc(Cl)cc3)cc2)sc1C(=O)O. The summed E-state index contributed by atoms with van der Waals surface area (Å²) >= 11 is 7.01. The summed E-state index contributed by atoms with van der Waals surface area (Å²) in [5, 5.41) is 13.5. The van der Waals surface area contributed by atoms with Crippen LogP contribution in [0, 0.1) is 6.92 Å². The molecule has 3 rings (SSSR count). The van der Waals surface area contributed by atoms with Crippen molar-refractivity contribution < 1.29 is 14.6 Å². The molecule has 0 saturated carbocycles. The molecule has 0 bridgehead atoms. The van der Waals surface area contributed by atoms with Crippen molar-refractivity contribution in [3.05, 3.63) is 75.3 Å². The number of hydrogen-bond donors (Lipinski definition) is 2. The smallest absolute Gasteiger partial charge is 0.347 e. The Bertz CT molecular complexity index is 892. The Balaban J connectivity index is 1.53. The first kappa shape index (κ1) is 18.2. The number of thiazole rings is 1. The van der Waals surface area contributed by atoms with Gasteiger partial charge in [0.1, 0.15) is 17.2 Å². The maximum absolute atomic E-state index is 11.0. The monoisotopic (exact) mass is 388 g/mol. The summed E-state index contributed by atoms with van der Waals surface area (Å²) in [7, 11) is 0. The highest BCUT2D eigenvalue weighted by Gasteiger charge is 2.13. The van der Waals surface area contributed by atoms with Crippen LogP contribution in [0.5, 0.6) is 5.75 Å². The number of halogens is 1. The number of aryl methyl sites for hydroxylation is 1. The lowest BCUT2D eigenvalue weighted by Gasteiger charge is -2.08. The second-order valence-electron chi connectivity index (χ2n) is 5.65. The molecule has 1 heterocycles. The molecule has 2 N–H and O–H groups in total. The van der Waals surface area contributed by atoms with E-state index in [-0.39, 0.29) is 4.88 Å². The lowest BCUT2D eigenvalue weighted by atomic mass is 10.2. The molecule has 1 aromatic heterocycles. The Morgan fingerprint density at radius 3 is 2.42 bits per heavy atom. The molecular formula is C19H17ClN2O3S. The van der Waals surface area contributed by atoms with E-state index in [4.69, 9.17) is 21.4 Å². The van der Waals surface area contributed by atoms with E-state index in [9.17, 15) is 4.79 Å². The summed E-state index contributed by atoms with van der Waals surface area (Å²) in [6.07, 6.45) is 0. The molecule has 5 nitrogen and oxygen atoms in total. The van der Waals surface area contributed by atoms with Crippen LogP contribution < -0.4 is 10.1 Å². The van der Waals surface area contributed by atoms with Crippen LogP contribution >= 0.6 is 22.9 Å². The van der Waals surface area contributed by atoms with Crippen molar-refractivity contribution in [2.75, 3.05) is 5.32 Å². The highest BCUT2D eigenvalue weighted by Crippen LogP contribution is 2.23. The number of nitrogens with one attached hydrogen (secondary N) is 1. The summed E-state index contributed by atoms with van der Waals surface area (Å²) in [6, 6.07) is 15.3. The van der Waals surface area contributed by atoms with Crippen molar-refractivity contribution in [1.29, 1.82) is 0 Å². The summed E-state index contributed by atoms with van der Waals surface area (Å²) in [6.45, 7) is 2.73. The maximum atomic E-state index is 11.0. The van der Waals surface area contributed by atoms with E-state index in [0.717, 1.165) is 28.2 Å². The van der Waals surface area contributed by atoms with Crippen LogP contribution in [0.4, 0.5) is 5.13 Å². The van der Waals surface area contributed by atoms with Crippen molar-refractivity contribution >= 4 is 34.0 Å². The molecule has 0 radical (unpaired) electrons. The van der Waals surface area contributed by atoms with Crippen molar-refractivity contribution in [2.24, 2.45) is 0 Å². The zero-order valence-corrected chi connectivity index (χ0v) is 15.6. The summed E-state index contributed by atoms with van der Waals surface area (Å²) in [5.41, 5.74) is 2.62. The van der Waals surface area contributed by atoms with Gasteiger partial charge in [0.2, 0.25) is 0 Å². The zero-order valence-electron chi connectivity index (χ0n) is 14.0. The van der Waals surface area contributed by atoms with Gasteiger partial charge >= 0.3 is 5.97 Å². The standard InChI is InChI=1S/C19H17ClN2O3S/c1-12-17(18(23)24)26-19(22-12)21-10-13-4-8-16(9-5-13)25-11-14-2-6-15(20)7-3-14/h2-9H,10-11H2,1H3,(H,21,22)(H,23,24). The number of anilines is 1. The first-order chi connectivity index (χ1) is 12.5. The fraction of sp³-hybridized carbons (Fsp3) is 0.158. The normalized spacial score (nSPS) is 10.5. The number of aromatic carboxylic acids is 1. The van der Waals surface area contributed by atoms with Crippen LogP contribution in [-0.2, 0) is 13.2 Å². The van der Waals surface area contributed by atoms with Crippen LogP contribution in [0.15, 0.2) is 48.5 Å². The average Bonchev–Trinajstić information content (AvgIpc) is 3.01. The second-order valence-corrected chi connectivity index (χ2v) is 7.09. The Hall–Kier alpha value is -2.57. The van der Waals surface area contributed by atoms with E-state index < -0.39 is 5.97 Å². The van der Waals surface area contributed by atoms with Gasteiger partial charge in [-0.05, 0) is 42.3 Å². The minimum absolute atomic E-state index is 0.262. The number of nitrogens with zero attached hydrogens (tertiary/aromatic N) is 1. The summed E-state index contributed by atoms with van der Waals surface area (Å²) in [5.74, 6) is -0.169. The van der Waals surface area contributed by atoms with Crippen molar-refractivity contribution in [2.45, 2.75) is 20.1 Å². The number of carboxylic acids is 1. The molecule has 0 aliphatic carbocycles. The minimum Gasteiger partial charge on any atom is -0.489 e. The molecule has 0 atom stereocenters. The van der Waals surface area contributed by atoms with Gasteiger partial charge in [-0.15, -0.1) is 0 Å². The third-order valence-electron chi connectivity index (χ3n) is 3.68. The van der Waals surface area contributed by atoms with Gasteiger partial charge in [-0.25, -0.2) is 9.78 Å². The Kier molecular flexibility index (Phi) is 5.75. The van der Waals surface area contributed by atoms with Crippen molar-refractivity contribution in [3.8, 4) is 5.75 Å². The van der Waals surface area contributed by atoms with Gasteiger partial charge in [-0.1, -0.05) is 47.2 Å². The van der Waals surface area contributed by atoms with Crippen LogP contribution in [0.25, 0.3) is 0 Å². The number of ether oxygens (including phenoxy) is 1. The van der Waals surface area contributed by atoms with E-state index in [2.05, 4.69) is 10.3 Å². The molecular weight excluding hydrogens is 372 g/mol. The molecule has 26 heavy (non-hydrogen) atoms. The van der Waals surface area contributed by atoms with E-state index >= 15 is 0 Å². The molecule has 0 aliphatic heterocycles. The molecule has 0 spiro atoms. The fourth-order valence-corrected chi connectivity index (χ4v) is 3.23. The van der Waals surface area contributed by atoms with Gasteiger partial charge in [0, 0.05) is 11.6 Å². The van der Waals surface area contributed by atoms with Crippen molar-refractivity contribution in [3.63, 3.8) is 0 Å². The molecule has 0 aliphatic rings. The van der Waals surface area contributed by atoms with Gasteiger partial charge in [-0.2, -0.15) is 0 Å². The third-order valence-corrected chi connectivity index (χ3v) is 5.03. The number of aromatic nitrogens is 1. The molecule has 7 heteroatoms. The third kappa shape index (κ3) is 4.74. The quantitative estimate of drug-likeness (QED) is 0.596. The highest BCUT2D eigenvalue weighted by atomic mass is 35.5. The van der Waals surface area contributed by atoms with Gasteiger partial charge in [-0.3, -0.25) is 0 Å². The van der Waals surface area contributed by atoms with Crippen LogP contribution in [-0.4, -0.2) is 16.1 Å². The molecule has 134 valence electrons. The molecule has 0 unspecified atom stereocenters. The van der Waals surface area contributed by atoms with E-state index in [1.165, 1.54) is 0 Å². The lowest BCUT2D eigenvalue weighted by molar-refractivity contribution is 0.0701. The predicted molar refractivity (Wildman–Crippen MR) is 103 cm³/mol. The van der Waals surface area contributed by atoms with Crippen LogP contribution in [0.3, 0.4) is 0 Å². The first-order valence-electron chi connectivity index (χ1n) is 7.92. The number of rotatable bonds is 7. The van der Waals surface area contributed by atoms with Crippen LogP contribution in [0.2, 0.25) is 5.02 Å². The lowest BCUT2D eigenvalue weighted by Crippen LogP contribution is -1.99. The topological polar surface area (TPSA) is 71.5 Å². The number of benzene rings is 2. The number of hydrogen-bond acceptors (Lipinski definition) is 5. The second kappa shape index (κ2) is 8.21. The van der Waals surface area contributed by atoms with Gasteiger partial charge in [0.05, 0.1) is 5.69 Å². The van der Waals surface area contributed by atoms with Gasteiger partial charge in [0.25, 0.3) is 0 Å². The van der Waals surface area contributed by atoms with E-state index in [1.807, 2.05) is 48.5 Å². The number of carbonyl (C=O) groups is 1. The van der Waals surface area contributed by atoms with Crippen LogP contribution in [0.1, 0.15) is 26.5 Å². The van der Waals surface area contributed by atoms with Gasteiger partial charge in [0.15, 0.2) is 5.13 Å². The summed E-state index contributed by atoms with van der Waals surface area (Å²) in [4.78, 5) is 15.5. The predicted octanol–water partition coefficient (Wildman–Crippen LogP) is 4.99. The van der Waals surface area contributed by atoms with Crippen molar-refractivity contribution in [1.82, 2.24) is 4.98 Å². The molecule has 0 fully saturated rings. The van der Waals surface area contributed by atoms with E-state index in [1.54, 1.807) is 6.92 Å². The minimum atomic E-state index is -0.949. The first-order valence-corrected chi connectivity index (χ1v) is 9.11. The summed E-state index contributed by atoms with van der Waals surface area (Å²) < 4.78 is 5.76.